The van der Waals surface area contributed by atoms with Crippen LogP contribution in [0.1, 0.15) is 31.7 Å². The fourth-order valence-corrected chi connectivity index (χ4v) is 4.90. The number of sulfonamides is 1. The van der Waals surface area contributed by atoms with E-state index < -0.39 is 10.0 Å². The van der Waals surface area contributed by atoms with Crippen LogP contribution in [0.15, 0.2) is 30.5 Å². The fraction of sp³-hybridized carbons (Fsp3) is 0.474. The summed E-state index contributed by atoms with van der Waals surface area (Å²) in [6.07, 6.45) is 8.06. The molecule has 1 saturated heterocycles. The predicted molar refractivity (Wildman–Crippen MR) is 103 cm³/mol. The molecule has 3 heterocycles. The zero-order valence-electron chi connectivity index (χ0n) is 14.8. The van der Waals surface area contributed by atoms with E-state index in [-0.39, 0.29) is 5.75 Å². The van der Waals surface area contributed by atoms with Crippen molar-refractivity contribution in [3.63, 3.8) is 0 Å². The number of benzene rings is 1. The van der Waals surface area contributed by atoms with Crippen LogP contribution >= 0.6 is 0 Å². The quantitative estimate of drug-likeness (QED) is 0.912. The largest absolute Gasteiger partial charge is 0.361 e. The second-order valence-corrected chi connectivity index (χ2v) is 9.31. The van der Waals surface area contributed by atoms with Crippen molar-refractivity contribution in [1.29, 1.82) is 0 Å². The Labute approximate surface area is 149 Å². The van der Waals surface area contributed by atoms with E-state index in [0.717, 1.165) is 23.9 Å². The highest BCUT2D eigenvalue weighted by Gasteiger charge is 2.28. The van der Waals surface area contributed by atoms with Gasteiger partial charge in [0.2, 0.25) is 10.0 Å². The zero-order valence-corrected chi connectivity index (χ0v) is 15.6. The number of hydrogen-bond donors (Lipinski definition) is 1. The molecule has 2 aliphatic heterocycles. The molecule has 1 fully saturated rings. The summed E-state index contributed by atoms with van der Waals surface area (Å²) in [4.78, 5) is 5.90. The molecule has 0 radical (unpaired) electrons. The molecule has 4 rings (SSSR count). The Kier molecular flexibility index (Phi) is 4.12. The van der Waals surface area contributed by atoms with Gasteiger partial charge in [0, 0.05) is 42.3 Å². The van der Waals surface area contributed by atoms with Crippen LogP contribution in [0.3, 0.4) is 0 Å². The van der Waals surface area contributed by atoms with Gasteiger partial charge in [0.05, 0.1) is 11.4 Å². The van der Waals surface area contributed by atoms with Gasteiger partial charge in [-0.25, -0.2) is 8.42 Å². The molecule has 2 aromatic rings. The third-order valence-corrected chi connectivity index (χ3v) is 7.46. The van der Waals surface area contributed by atoms with E-state index >= 15 is 0 Å². The minimum absolute atomic E-state index is 0.101. The van der Waals surface area contributed by atoms with Crippen molar-refractivity contribution < 1.29 is 8.42 Å². The molecule has 1 N–H and O–H groups in total. The van der Waals surface area contributed by atoms with Crippen molar-refractivity contribution in [2.75, 3.05) is 30.2 Å². The lowest BCUT2D eigenvalue weighted by Gasteiger charge is -2.29. The van der Waals surface area contributed by atoms with Gasteiger partial charge < -0.3 is 4.98 Å². The first kappa shape index (κ1) is 16.7. The summed E-state index contributed by atoms with van der Waals surface area (Å²) >= 11 is 0. The average Bonchev–Trinajstić information content (AvgIpc) is 3.26. The van der Waals surface area contributed by atoms with Crippen LogP contribution in [-0.2, 0) is 10.0 Å². The van der Waals surface area contributed by atoms with Crippen molar-refractivity contribution in [3.8, 4) is 0 Å². The molecular formula is C19H25N3O2S. The first-order chi connectivity index (χ1) is 12.0. The average molecular weight is 359 g/mol. The Hall–Kier alpha value is -1.79. The van der Waals surface area contributed by atoms with E-state index in [1.165, 1.54) is 34.8 Å². The highest BCUT2D eigenvalue weighted by Crippen LogP contribution is 2.36. The van der Waals surface area contributed by atoms with Gasteiger partial charge in [-0.1, -0.05) is 6.08 Å². The molecule has 0 saturated carbocycles. The number of nitrogens with one attached hydrogen (secondary N) is 1. The minimum atomic E-state index is -3.25. The molecule has 0 spiro atoms. The lowest BCUT2D eigenvalue weighted by Crippen LogP contribution is -2.32. The molecule has 134 valence electrons. The molecule has 5 nitrogen and oxygen atoms in total. The van der Waals surface area contributed by atoms with E-state index in [9.17, 15) is 8.42 Å². The summed E-state index contributed by atoms with van der Waals surface area (Å²) in [7, 11) is -1.62. The fourth-order valence-electron chi connectivity index (χ4n) is 4.08. The lowest BCUT2D eigenvalue weighted by atomic mass is 9.94. The van der Waals surface area contributed by atoms with Crippen molar-refractivity contribution in [3.05, 3.63) is 36.0 Å². The second-order valence-electron chi connectivity index (χ2n) is 7.02. The van der Waals surface area contributed by atoms with Gasteiger partial charge in [0.15, 0.2) is 0 Å². The SMILES string of the molecule is CCS(=O)(=O)N(C)c1ccc2[nH]cc(C3=CCN4CCCC4C3)c2c1. The molecular weight excluding hydrogens is 334 g/mol. The molecule has 1 atom stereocenters. The van der Waals surface area contributed by atoms with Crippen LogP contribution in [0.4, 0.5) is 5.69 Å². The first-order valence-corrected chi connectivity index (χ1v) is 10.6. The smallest absolute Gasteiger partial charge is 0.234 e. The van der Waals surface area contributed by atoms with Crippen LogP contribution in [-0.4, -0.2) is 50.2 Å². The molecule has 1 unspecified atom stereocenters. The van der Waals surface area contributed by atoms with Gasteiger partial charge in [-0.15, -0.1) is 0 Å². The Morgan fingerprint density at radius 2 is 2.20 bits per heavy atom. The summed E-state index contributed by atoms with van der Waals surface area (Å²) in [5.41, 5.74) is 4.36. The number of aromatic amines is 1. The normalized spacial score (nSPS) is 21.4. The van der Waals surface area contributed by atoms with Crippen molar-refractivity contribution >= 4 is 32.2 Å². The summed E-state index contributed by atoms with van der Waals surface area (Å²) in [5.74, 6) is 0.101. The first-order valence-electron chi connectivity index (χ1n) is 9.01. The maximum absolute atomic E-state index is 12.2. The lowest BCUT2D eigenvalue weighted by molar-refractivity contribution is 0.275. The van der Waals surface area contributed by atoms with Crippen molar-refractivity contribution in [2.24, 2.45) is 0 Å². The monoisotopic (exact) mass is 359 g/mol. The Morgan fingerprint density at radius 3 is 3.00 bits per heavy atom. The molecule has 6 heteroatoms. The third kappa shape index (κ3) is 2.87. The van der Waals surface area contributed by atoms with Crippen molar-refractivity contribution in [1.82, 2.24) is 9.88 Å². The van der Waals surface area contributed by atoms with E-state index in [1.54, 1.807) is 14.0 Å². The molecule has 0 amide bonds. The summed E-state index contributed by atoms with van der Waals surface area (Å²) < 4.78 is 25.8. The number of H-pyrrole nitrogens is 1. The molecule has 1 aromatic carbocycles. The van der Waals surface area contributed by atoms with Crippen LogP contribution in [0, 0.1) is 0 Å². The van der Waals surface area contributed by atoms with Gasteiger partial charge >= 0.3 is 0 Å². The molecule has 25 heavy (non-hydrogen) atoms. The summed E-state index contributed by atoms with van der Waals surface area (Å²) in [6, 6.07) is 6.50. The van der Waals surface area contributed by atoms with E-state index in [0.29, 0.717) is 11.7 Å². The molecule has 0 bridgehead atoms. The van der Waals surface area contributed by atoms with E-state index in [2.05, 4.69) is 22.2 Å². The highest BCUT2D eigenvalue weighted by molar-refractivity contribution is 7.92. The highest BCUT2D eigenvalue weighted by atomic mass is 32.2. The standard InChI is InChI=1S/C19H25N3O2S/c1-3-25(23,24)21(2)15-6-7-19-17(12-15)18(13-20-19)14-8-10-22-9-4-5-16(22)11-14/h6-8,12-13,16,20H,3-5,9-11H2,1-2H3. The Morgan fingerprint density at radius 1 is 1.36 bits per heavy atom. The topological polar surface area (TPSA) is 56.4 Å². The van der Waals surface area contributed by atoms with Gasteiger partial charge in [-0.05, 0) is 56.5 Å². The number of fused-ring (bicyclic) bond motifs is 2. The van der Waals surface area contributed by atoms with Gasteiger partial charge in [0.25, 0.3) is 0 Å². The van der Waals surface area contributed by atoms with Gasteiger partial charge in [0.1, 0.15) is 0 Å². The molecule has 2 aliphatic rings. The number of aromatic nitrogens is 1. The van der Waals surface area contributed by atoms with E-state index in [4.69, 9.17) is 0 Å². The summed E-state index contributed by atoms with van der Waals surface area (Å²) in [5, 5.41) is 1.10. The number of hydrogen-bond acceptors (Lipinski definition) is 3. The predicted octanol–water partition coefficient (Wildman–Crippen LogP) is 3.21. The van der Waals surface area contributed by atoms with Crippen LogP contribution < -0.4 is 4.31 Å². The molecule has 0 aliphatic carbocycles. The van der Waals surface area contributed by atoms with Crippen molar-refractivity contribution in [2.45, 2.75) is 32.2 Å². The zero-order chi connectivity index (χ0) is 17.6. The maximum Gasteiger partial charge on any atom is 0.234 e. The maximum atomic E-state index is 12.2. The molecule has 1 aromatic heterocycles. The number of rotatable bonds is 4. The second kappa shape index (κ2) is 6.18. The van der Waals surface area contributed by atoms with Crippen LogP contribution in [0.5, 0.6) is 0 Å². The van der Waals surface area contributed by atoms with Gasteiger partial charge in [-0.3, -0.25) is 9.21 Å². The number of anilines is 1. The number of nitrogens with zero attached hydrogens (tertiary/aromatic N) is 2. The van der Waals surface area contributed by atoms with Gasteiger partial charge in [-0.2, -0.15) is 0 Å². The Balaban J connectivity index is 1.72. The minimum Gasteiger partial charge on any atom is -0.361 e. The van der Waals surface area contributed by atoms with Crippen LogP contribution in [0.2, 0.25) is 0 Å². The van der Waals surface area contributed by atoms with E-state index in [1.807, 2.05) is 18.2 Å². The van der Waals surface area contributed by atoms with Crippen LogP contribution in [0.25, 0.3) is 16.5 Å². The Bertz CT molecular complexity index is 929. The summed E-state index contributed by atoms with van der Waals surface area (Å²) in [6.45, 7) is 3.91. The third-order valence-electron chi connectivity index (χ3n) is 5.68.